The maximum Gasteiger partial charge on any atom is 0.105 e. The van der Waals surface area contributed by atoms with E-state index in [1.165, 1.54) is 304 Å². The molecule has 0 aliphatic rings. The van der Waals surface area contributed by atoms with Crippen LogP contribution in [-0.2, 0) is 38.8 Å². The molecule has 0 saturated carbocycles. The van der Waals surface area contributed by atoms with Crippen molar-refractivity contribution in [1.82, 2.24) is 29.1 Å². The molecule has 10 aromatic carbocycles. The van der Waals surface area contributed by atoms with Crippen molar-refractivity contribution in [3.05, 3.63) is 236 Å². The second-order valence-corrected chi connectivity index (χ2v) is 78.4. The van der Waals surface area contributed by atoms with Crippen LogP contribution < -0.4 is 5.79 Å². The molecule has 8 aromatic heterocycles. The van der Waals surface area contributed by atoms with Gasteiger partial charge >= 0.3 is 242 Å². The fourth-order valence-corrected chi connectivity index (χ4v) is 37.2. The molecule has 0 spiro atoms. The fraction of sp³-hybridized carbons (Fsp3) is 0.419. The average molecular weight is 2250 g/mol. The van der Waals surface area contributed by atoms with Crippen LogP contribution in [0.15, 0.2) is 203 Å². The number of nitrogens with zero attached hydrogens (tertiary/aromatic N) is 6. The van der Waals surface area contributed by atoms with Crippen LogP contribution in [0.1, 0.15) is 280 Å². The van der Waals surface area contributed by atoms with E-state index >= 15 is 0 Å². The molecule has 0 saturated heterocycles. The number of aryl methyl sites for hydroxylation is 8. The molecule has 138 heavy (non-hydrogen) atoms. The number of hydrogen-bond donors (Lipinski definition) is 0. The molecule has 0 fully saturated rings. The largest absolute Gasteiger partial charge is 0.340 e. The summed E-state index contributed by atoms with van der Waals surface area (Å²) in [5, 5.41) is 11.5. The van der Waals surface area contributed by atoms with Crippen LogP contribution in [-0.4, -0.2) is 65.8 Å². The molecule has 0 aliphatic heterocycles. The van der Waals surface area contributed by atoms with E-state index in [4.69, 9.17) is 19.9 Å². The third-order valence-electron chi connectivity index (χ3n) is 28.8. The summed E-state index contributed by atoms with van der Waals surface area (Å²) in [6.07, 6.45) is 47.4. The molecule has 0 amide bonds. The molecule has 0 atom stereocenters. The summed E-state index contributed by atoms with van der Waals surface area (Å²) in [4.78, 5) is 40.1. The van der Waals surface area contributed by atoms with E-state index in [9.17, 15) is 0 Å². The maximum absolute atomic E-state index is 5.75. The summed E-state index contributed by atoms with van der Waals surface area (Å²) in [7, 11) is 0. The van der Waals surface area contributed by atoms with Gasteiger partial charge in [0.2, 0.25) is 0 Å². The van der Waals surface area contributed by atoms with E-state index in [-0.39, 0.29) is 0 Å². The Balaban J connectivity index is 0.000000161. The zero-order chi connectivity index (χ0) is 96.4. The summed E-state index contributed by atoms with van der Waals surface area (Å²) in [6.45, 7) is 20.4. The summed E-state index contributed by atoms with van der Waals surface area (Å²) < 4.78 is 16.7. The van der Waals surface area contributed by atoms with Gasteiger partial charge < -0.3 is 9.13 Å². The second kappa shape index (κ2) is 49.4. The molecule has 0 bridgehead atoms. The van der Waals surface area contributed by atoms with Crippen molar-refractivity contribution in [3.8, 4) is 55.5 Å². The van der Waals surface area contributed by atoms with Gasteiger partial charge in [0.05, 0.1) is 43.2 Å². The summed E-state index contributed by atoms with van der Waals surface area (Å²) >= 11 is 11.5. The van der Waals surface area contributed by atoms with Crippen LogP contribution in [0, 0.1) is 13.8 Å². The van der Waals surface area contributed by atoms with Gasteiger partial charge in [-0.15, -0.1) is 22.7 Å². The Labute approximate surface area is 866 Å². The number of halogens is 2. The van der Waals surface area contributed by atoms with Crippen molar-refractivity contribution in [1.29, 1.82) is 0 Å². The van der Waals surface area contributed by atoms with Crippen LogP contribution in [0.25, 0.3) is 161 Å². The van der Waals surface area contributed by atoms with Crippen molar-refractivity contribution in [2.75, 3.05) is 0 Å². The SMILES string of the molecule is CCCCCCCCc1c(CCCCCCCC)c2c[c]([Sn]([CH3])([CH3])[CH3])sc2c2s[c]([Sn]([CH3])([CH3])[CH3])cc12.CCCCCCCCc1c(CCCCCCCC)c2cc(-c3ccc(C)c4nc(-c5ccc6c7ccccc7n(CCCCCC)c6c5)c(-c5ccccc5)nc34)sc2c2sc(C)cc12.CCCCCCn1c2ccccc2c2ccc(-c3nc4c(Br)ccc(Br)c4nc3-c3ccccc3)cc21. The van der Waals surface area contributed by atoms with Crippen LogP contribution in [0.3, 0.4) is 0 Å². The van der Waals surface area contributed by atoms with Gasteiger partial charge in [0.25, 0.3) is 0 Å². The molecular weight excluding hydrogens is 2100 g/mol. The molecule has 722 valence electrons. The fourth-order valence-electron chi connectivity index (χ4n) is 21.1. The zero-order valence-corrected chi connectivity index (χ0v) is 97.6. The first-order valence-electron chi connectivity index (χ1n) is 53.3. The Bertz CT molecular complexity index is 7070. The van der Waals surface area contributed by atoms with Crippen LogP contribution in [0.2, 0.25) is 29.6 Å². The number of unbranched alkanes of at least 4 members (excludes halogenated alkanes) is 26. The van der Waals surface area contributed by atoms with E-state index in [1.807, 2.05) is 40.9 Å². The van der Waals surface area contributed by atoms with E-state index in [1.54, 1.807) is 48.2 Å². The monoisotopic (exact) mass is 2250 g/mol. The summed E-state index contributed by atoms with van der Waals surface area (Å²) in [5.41, 5.74) is 25.9. The van der Waals surface area contributed by atoms with Gasteiger partial charge in [-0.05, 0) is 160 Å². The summed E-state index contributed by atoms with van der Waals surface area (Å²) in [6, 6.07) is 71.7. The minimum Gasteiger partial charge on any atom is -0.340 e. The molecule has 0 aliphatic carbocycles. The third-order valence-corrected chi connectivity index (χ3v) is 53.7. The van der Waals surface area contributed by atoms with Gasteiger partial charge in [0, 0.05) is 103 Å². The molecule has 18 rings (SSSR count). The standard InChI is InChI=1S/C60H69N3S2.C32H27Br2N3.C26H36S2.6CH3.2Sn/c1-6-9-12-15-17-22-29-45-46(30-23-18-16-13-10-7-2)51-40-54(65-60(51)59-50(45)38-42(5)64-59)49-35-33-41(4)55-58(49)62-56(43-27-20-19-21-28-43)57(61-55)44-34-36-48-47-31-24-25-32-52(47)63(53(48)39-44)37-26-14-11-8-3;1-2-3-4-10-19-37-27-14-9-8-13-23(27)24-16-15-22(20-28(24)37)30-29(21-11-6-5-7-12-21)35-31-25(33)17-18-26(34)32(31)36-30;1-3-5-7-9-11-13-15-21-22(16-14-12-10-8-6-4-2)24-18-20-28-26(24)25-23(21)17-19-27-25;;;;;;;;/h19-21,24-25,27-28,31-36,38-40H,6-18,22-23,26,29-30,37H2,1-5H3;5-9,11-18,20H,2-4,10,19H2,1H3;17-18H,3-16H2,1-2H3;6*1H3;;. The molecule has 14 heteroatoms. The number of hydrogen-bond acceptors (Lipinski definition) is 8. The van der Waals surface area contributed by atoms with Gasteiger partial charge in [-0.2, -0.15) is 0 Å². The average Bonchev–Trinajstić information content (AvgIpc) is 1.56. The van der Waals surface area contributed by atoms with Gasteiger partial charge in [0.1, 0.15) is 11.0 Å². The van der Waals surface area contributed by atoms with Crippen molar-refractivity contribution < 1.29 is 0 Å². The normalized spacial score (nSPS) is 12.1. The molecular formula is C124H150Br2N6S4Sn2. The van der Waals surface area contributed by atoms with Crippen LogP contribution in [0.5, 0.6) is 0 Å². The first-order valence-corrected chi connectivity index (χ1v) is 78.1. The minimum atomic E-state index is -2.13. The third kappa shape index (κ3) is 24.2. The molecule has 0 radical (unpaired) electrons. The number of para-hydroxylation sites is 2. The minimum absolute atomic E-state index is 0.850. The molecule has 18 aromatic rings. The molecule has 0 unspecified atom stereocenters. The topological polar surface area (TPSA) is 61.4 Å². The number of aromatic nitrogens is 6. The van der Waals surface area contributed by atoms with Crippen molar-refractivity contribution in [2.24, 2.45) is 0 Å². The van der Waals surface area contributed by atoms with Gasteiger partial charge in [-0.1, -0.05) is 264 Å². The first kappa shape index (κ1) is 104. The first-order chi connectivity index (χ1) is 67.2. The summed E-state index contributed by atoms with van der Waals surface area (Å²) in [5.74, 6) is 0. The predicted molar refractivity (Wildman–Crippen MR) is 628 cm³/mol. The number of thiophene rings is 4. The van der Waals surface area contributed by atoms with Crippen molar-refractivity contribution >= 4 is 226 Å². The van der Waals surface area contributed by atoms with E-state index in [0.29, 0.717) is 0 Å². The van der Waals surface area contributed by atoms with Crippen LogP contribution >= 0.6 is 77.2 Å². The Morgan fingerprint density at radius 2 is 0.594 bits per heavy atom. The second-order valence-electron chi connectivity index (χ2n) is 41.5. The smallest absolute Gasteiger partial charge is 0.105 e. The van der Waals surface area contributed by atoms with Gasteiger partial charge in [0.15, 0.2) is 0 Å². The van der Waals surface area contributed by atoms with E-state index in [0.717, 1.165) is 101 Å². The van der Waals surface area contributed by atoms with E-state index in [2.05, 4.69) is 325 Å². The molecule has 8 heterocycles. The molecule has 0 N–H and O–H groups in total. The Morgan fingerprint density at radius 3 is 1.00 bits per heavy atom. The van der Waals surface area contributed by atoms with Crippen molar-refractivity contribution in [2.45, 2.75) is 329 Å². The quantitative estimate of drug-likeness (QED) is 0.0282. The predicted octanol–water partition coefficient (Wildman–Crippen LogP) is 40.4. The van der Waals surface area contributed by atoms with E-state index < -0.39 is 36.8 Å². The van der Waals surface area contributed by atoms with Crippen LogP contribution in [0.4, 0.5) is 0 Å². The van der Waals surface area contributed by atoms with Gasteiger partial charge in [-0.25, -0.2) is 19.9 Å². The van der Waals surface area contributed by atoms with Crippen molar-refractivity contribution in [3.63, 3.8) is 0 Å². The van der Waals surface area contributed by atoms with Gasteiger partial charge in [-0.3, -0.25) is 0 Å². The number of fused-ring (bicyclic) bond motifs is 14. The Morgan fingerprint density at radius 1 is 0.268 bits per heavy atom. The molecule has 6 nitrogen and oxygen atoms in total. The Kier molecular flexibility index (Phi) is 37.2. The zero-order valence-electron chi connectivity index (χ0n) is 85.4. The Hall–Kier alpha value is -7.12. The number of rotatable bonds is 45. The maximum atomic E-state index is 5.75. The number of benzene rings is 10.